The highest BCUT2D eigenvalue weighted by Crippen LogP contribution is 2.12. The Labute approximate surface area is 148 Å². The van der Waals surface area contributed by atoms with Gasteiger partial charge in [-0.05, 0) is 30.0 Å². The smallest absolute Gasteiger partial charge is 0.450 e. The van der Waals surface area contributed by atoms with Crippen molar-refractivity contribution in [3.8, 4) is 0 Å². The molecule has 3 rings (SSSR count). The molecule has 1 aromatic carbocycles. The number of aromatic nitrogens is 1. The van der Waals surface area contributed by atoms with Gasteiger partial charge in [-0.2, -0.15) is 0 Å². The van der Waals surface area contributed by atoms with Crippen LogP contribution in [0.3, 0.4) is 0 Å². The van der Waals surface area contributed by atoms with Crippen molar-refractivity contribution in [2.45, 2.75) is 19.3 Å². The van der Waals surface area contributed by atoms with Crippen LogP contribution in [0.1, 0.15) is 29.7 Å². The van der Waals surface area contributed by atoms with Crippen LogP contribution >= 0.6 is 0 Å². The Bertz CT molecular complexity index is 690. The first-order chi connectivity index (χ1) is 12.1. The topological polar surface area (TPSA) is 70.4 Å². The number of rotatable bonds is 3. The van der Waals surface area contributed by atoms with Gasteiger partial charge >= 0.3 is 6.16 Å². The first-order valence-electron chi connectivity index (χ1n) is 7.97. The SMILES string of the molecule is C1=CCCC=C1.C=Cc1cccnc1Cc1ccccc1.O=C(O)O. The van der Waals surface area contributed by atoms with Crippen LogP contribution in [0.2, 0.25) is 0 Å². The minimum Gasteiger partial charge on any atom is -0.450 e. The molecule has 0 bridgehead atoms. The maximum Gasteiger partial charge on any atom is 0.503 e. The van der Waals surface area contributed by atoms with Crippen LogP contribution in [-0.4, -0.2) is 21.4 Å². The van der Waals surface area contributed by atoms with Crippen LogP contribution in [-0.2, 0) is 6.42 Å². The van der Waals surface area contributed by atoms with Crippen LogP contribution in [0.25, 0.3) is 6.08 Å². The van der Waals surface area contributed by atoms with Crippen LogP contribution < -0.4 is 0 Å². The second-order valence-corrected chi connectivity index (χ2v) is 5.12. The first kappa shape index (κ1) is 19.9. The van der Waals surface area contributed by atoms with E-state index in [9.17, 15) is 0 Å². The number of hydrogen-bond donors (Lipinski definition) is 2. The fraction of sp³-hybridized carbons (Fsp3) is 0.143. The van der Waals surface area contributed by atoms with Gasteiger partial charge in [0.2, 0.25) is 0 Å². The van der Waals surface area contributed by atoms with E-state index in [1.165, 1.54) is 18.4 Å². The second-order valence-electron chi connectivity index (χ2n) is 5.12. The number of nitrogens with zero attached hydrogens (tertiary/aromatic N) is 1. The molecule has 0 aliphatic heterocycles. The molecule has 2 aromatic rings. The zero-order valence-electron chi connectivity index (χ0n) is 14.1. The molecule has 0 saturated carbocycles. The molecule has 0 saturated heterocycles. The van der Waals surface area contributed by atoms with E-state index in [1.54, 1.807) is 0 Å². The molecule has 0 amide bonds. The highest BCUT2D eigenvalue weighted by atomic mass is 16.6. The molecule has 2 N–H and O–H groups in total. The number of carbonyl (C=O) groups is 1. The average Bonchev–Trinajstić information content (AvgIpc) is 2.65. The second kappa shape index (κ2) is 12.3. The summed E-state index contributed by atoms with van der Waals surface area (Å²) in [6.07, 6.45) is 13.7. The lowest BCUT2D eigenvalue weighted by molar-refractivity contribution is 0.137. The molecule has 25 heavy (non-hydrogen) atoms. The minimum atomic E-state index is -1.83. The molecular weight excluding hydrogens is 314 g/mol. The summed E-state index contributed by atoms with van der Waals surface area (Å²) in [4.78, 5) is 12.9. The van der Waals surface area contributed by atoms with Gasteiger partial charge in [0.25, 0.3) is 0 Å². The molecule has 0 spiro atoms. The lowest BCUT2D eigenvalue weighted by Crippen LogP contribution is -1.94. The summed E-state index contributed by atoms with van der Waals surface area (Å²) in [6.45, 7) is 3.79. The van der Waals surface area contributed by atoms with Gasteiger partial charge in [0, 0.05) is 12.6 Å². The van der Waals surface area contributed by atoms with Crippen molar-refractivity contribution in [3.05, 3.63) is 96.4 Å². The highest BCUT2D eigenvalue weighted by molar-refractivity contribution is 5.53. The van der Waals surface area contributed by atoms with Crippen molar-refractivity contribution in [2.24, 2.45) is 0 Å². The third kappa shape index (κ3) is 9.56. The lowest BCUT2D eigenvalue weighted by Gasteiger charge is -2.04. The van der Waals surface area contributed by atoms with E-state index in [0.29, 0.717) is 0 Å². The minimum absolute atomic E-state index is 0.864. The zero-order valence-corrected chi connectivity index (χ0v) is 14.1. The first-order valence-corrected chi connectivity index (χ1v) is 7.97. The summed E-state index contributed by atoms with van der Waals surface area (Å²) >= 11 is 0. The van der Waals surface area contributed by atoms with Gasteiger partial charge in [0.05, 0.1) is 5.69 Å². The molecule has 1 aliphatic carbocycles. The fourth-order valence-electron chi connectivity index (χ4n) is 2.12. The average molecular weight is 337 g/mol. The molecule has 1 aliphatic rings. The maximum atomic E-state index is 8.56. The van der Waals surface area contributed by atoms with Gasteiger partial charge in [0.1, 0.15) is 0 Å². The number of hydrogen-bond acceptors (Lipinski definition) is 2. The summed E-state index contributed by atoms with van der Waals surface area (Å²) in [5, 5.41) is 13.9. The molecule has 4 nitrogen and oxygen atoms in total. The Morgan fingerprint density at radius 2 is 1.64 bits per heavy atom. The van der Waals surface area contributed by atoms with Crippen LogP contribution in [0.5, 0.6) is 0 Å². The molecule has 0 atom stereocenters. The monoisotopic (exact) mass is 337 g/mol. The normalized spacial score (nSPS) is 11.4. The quantitative estimate of drug-likeness (QED) is 0.783. The van der Waals surface area contributed by atoms with Crippen LogP contribution in [0.15, 0.2) is 79.5 Å². The van der Waals surface area contributed by atoms with Crippen molar-refractivity contribution in [2.75, 3.05) is 0 Å². The summed E-state index contributed by atoms with van der Waals surface area (Å²) in [7, 11) is 0. The Hall–Kier alpha value is -3.14. The highest BCUT2D eigenvalue weighted by Gasteiger charge is 2.00. The van der Waals surface area contributed by atoms with Crippen molar-refractivity contribution in [1.82, 2.24) is 4.98 Å². The van der Waals surface area contributed by atoms with E-state index >= 15 is 0 Å². The van der Waals surface area contributed by atoms with Gasteiger partial charge in [-0.15, -0.1) is 0 Å². The van der Waals surface area contributed by atoms with Gasteiger partial charge in [0.15, 0.2) is 0 Å². The van der Waals surface area contributed by atoms with Crippen molar-refractivity contribution in [1.29, 1.82) is 0 Å². The van der Waals surface area contributed by atoms with Crippen molar-refractivity contribution in [3.63, 3.8) is 0 Å². The lowest BCUT2D eigenvalue weighted by atomic mass is 10.1. The van der Waals surface area contributed by atoms with E-state index < -0.39 is 6.16 Å². The molecular formula is C21H23NO3. The molecule has 0 fully saturated rings. The van der Waals surface area contributed by atoms with E-state index in [0.717, 1.165) is 17.7 Å². The zero-order chi connectivity index (χ0) is 18.3. The number of benzene rings is 1. The summed E-state index contributed by atoms with van der Waals surface area (Å²) in [6, 6.07) is 14.3. The third-order valence-corrected chi connectivity index (χ3v) is 3.24. The largest absolute Gasteiger partial charge is 0.503 e. The van der Waals surface area contributed by atoms with Gasteiger partial charge in [-0.25, -0.2) is 4.79 Å². The van der Waals surface area contributed by atoms with Crippen molar-refractivity contribution < 1.29 is 15.0 Å². The summed E-state index contributed by atoms with van der Waals surface area (Å²) in [5.74, 6) is 0. The predicted octanol–water partition coefficient (Wildman–Crippen LogP) is 5.43. The van der Waals surface area contributed by atoms with E-state index in [-0.39, 0.29) is 0 Å². The van der Waals surface area contributed by atoms with Crippen LogP contribution in [0, 0.1) is 0 Å². The Morgan fingerprint density at radius 3 is 2.12 bits per heavy atom. The van der Waals surface area contributed by atoms with E-state index in [1.807, 2.05) is 42.6 Å². The summed E-state index contributed by atoms with van der Waals surface area (Å²) < 4.78 is 0. The molecule has 1 aromatic heterocycles. The number of carboxylic acid groups (broad SMARTS) is 2. The van der Waals surface area contributed by atoms with Gasteiger partial charge in [-0.3, -0.25) is 4.98 Å². The third-order valence-electron chi connectivity index (χ3n) is 3.24. The van der Waals surface area contributed by atoms with Crippen LogP contribution in [0.4, 0.5) is 4.79 Å². The maximum absolute atomic E-state index is 8.56. The van der Waals surface area contributed by atoms with E-state index in [4.69, 9.17) is 15.0 Å². The van der Waals surface area contributed by atoms with Gasteiger partial charge in [-0.1, -0.05) is 73.4 Å². The Kier molecular flexibility index (Phi) is 9.80. The molecule has 0 radical (unpaired) electrons. The standard InChI is InChI=1S/C14H13N.C6H8.CH2O3/c1-2-13-9-6-10-15-14(13)11-12-7-4-3-5-8-12;1-2-4-6-5-3-1;2-1(3)4/h2-10H,1,11H2;1-4H,5-6H2;(H2,2,3,4). The van der Waals surface area contributed by atoms with E-state index in [2.05, 4.69) is 48.0 Å². The molecule has 4 heteroatoms. The molecule has 0 unspecified atom stereocenters. The number of pyridine rings is 1. The number of allylic oxidation sites excluding steroid dienone is 4. The molecule has 130 valence electrons. The van der Waals surface area contributed by atoms with Crippen molar-refractivity contribution >= 4 is 12.2 Å². The summed E-state index contributed by atoms with van der Waals surface area (Å²) in [5.41, 5.74) is 3.47. The fourth-order valence-corrected chi connectivity index (χ4v) is 2.12. The Morgan fingerprint density at radius 1 is 1.04 bits per heavy atom. The van der Waals surface area contributed by atoms with Gasteiger partial charge < -0.3 is 10.2 Å². The Balaban J connectivity index is 0.000000257. The predicted molar refractivity (Wildman–Crippen MR) is 102 cm³/mol. The molecule has 1 heterocycles.